The molecule has 1 aromatic carbocycles. The van der Waals surface area contributed by atoms with Crippen molar-refractivity contribution in [1.29, 1.82) is 5.26 Å². The second-order valence-corrected chi connectivity index (χ2v) is 7.05. The highest BCUT2D eigenvalue weighted by Gasteiger charge is 2.41. The number of nitriles is 1. The van der Waals surface area contributed by atoms with E-state index < -0.39 is 18.0 Å². The number of fused-ring (bicyclic) bond motifs is 3. The Balaban J connectivity index is 1.77. The number of aryl methyl sites for hydroxylation is 1. The molecule has 2 aromatic heterocycles. The fraction of sp³-hybridized carbons (Fsp3) is 0.381. The number of rotatable bonds is 5. The van der Waals surface area contributed by atoms with Crippen LogP contribution in [0.25, 0.3) is 16.3 Å². The number of benzene rings is 1. The van der Waals surface area contributed by atoms with Crippen molar-refractivity contribution in [1.82, 2.24) is 14.9 Å². The lowest BCUT2D eigenvalue weighted by Crippen LogP contribution is -2.34. The van der Waals surface area contributed by atoms with Gasteiger partial charge in [-0.25, -0.2) is 8.91 Å². The fourth-order valence-electron chi connectivity index (χ4n) is 4.02. The number of hydrogen-bond acceptors (Lipinski definition) is 4. The minimum atomic E-state index is -1.49. The molecular weight excluding hydrogens is 359 g/mol. The lowest BCUT2D eigenvalue weighted by atomic mass is 9.97. The predicted molar refractivity (Wildman–Crippen MR) is 103 cm³/mol. The molecule has 7 heteroatoms. The summed E-state index contributed by atoms with van der Waals surface area (Å²) >= 11 is 0. The van der Waals surface area contributed by atoms with Crippen molar-refractivity contribution < 1.29 is 13.9 Å². The van der Waals surface area contributed by atoms with E-state index in [-0.39, 0.29) is 12.6 Å². The molecule has 1 fully saturated rings. The number of nitrogens with one attached hydrogen (secondary N) is 1. The van der Waals surface area contributed by atoms with Crippen molar-refractivity contribution in [3.8, 4) is 11.8 Å². The first-order chi connectivity index (χ1) is 13.6. The van der Waals surface area contributed by atoms with E-state index in [0.29, 0.717) is 17.9 Å². The molecule has 1 aliphatic heterocycles. The van der Waals surface area contributed by atoms with Crippen LogP contribution < -0.4 is 10.1 Å². The number of pyridine rings is 1. The maximum Gasteiger partial charge on any atom is 0.255 e. The molecule has 3 aromatic rings. The van der Waals surface area contributed by atoms with Crippen molar-refractivity contribution in [2.75, 3.05) is 6.61 Å². The normalized spacial score (nSPS) is 21.8. The first-order valence-electron chi connectivity index (χ1n) is 9.48. The summed E-state index contributed by atoms with van der Waals surface area (Å²) in [6.07, 6.45) is 1.60. The van der Waals surface area contributed by atoms with Crippen LogP contribution in [0.5, 0.6) is 5.75 Å². The van der Waals surface area contributed by atoms with Crippen molar-refractivity contribution in [3.63, 3.8) is 0 Å². The minimum absolute atomic E-state index is 0.186. The van der Waals surface area contributed by atoms with Crippen LogP contribution in [0.2, 0.25) is 0 Å². The van der Waals surface area contributed by atoms with E-state index in [0.717, 1.165) is 28.3 Å². The van der Waals surface area contributed by atoms with Gasteiger partial charge in [-0.3, -0.25) is 4.79 Å². The third-order valence-electron chi connectivity index (χ3n) is 5.52. The van der Waals surface area contributed by atoms with Crippen molar-refractivity contribution >= 4 is 22.2 Å². The molecule has 0 spiro atoms. The summed E-state index contributed by atoms with van der Waals surface area (Å²) in [6, 6.07) is 9.25. The second-order valence-electron chi connectivity index (χ2n) is 7.05. The number of carbonyl (C=O) groups is 1. The van der Waals surface area contributed by atoms with Gasteiger partial charge in [0.2, 0.25) is 0 Å². The molecular formula is C21H21FN4O2. The number of ether oxygens (including phenoxy) is 1. The summed E-state index contributed by atoms with van der Waals surface area (Å²) in [4.78, 5) is 11.7. The Morgan fingerprint density at radius 2 is 2.21 bits per heavy atom. The van der Waals surface area contributed by atoms with Gasteiger partial charge >= 0.3 is 0 Å². The molecule has 3 heterocycles. The topological polar surface area (TPSA) is 79.4 Å². The quantitative estimate of drug-likeness (QED) is 0.737. The molecule has 1 saturated heterocycles. The van der Waals surface area contributed by atoms with Gasteiger partial charge in [0.05, 0.1) is 23.1 Å². The molecule has 0 unspecified atom stereocenters. The summed E-state index contributed by atoms with van der Waals surface area (Å²) in [6.45, 7) is 4.09. The van der Waals surface area contributed by atoms with Crippen LogP contribution in [0.3, 0.4) is 0 Å². The molecule has 3 atom stereocenters. The lowest BCUT2D eigenvalue weighted by molar-refractivity contribution is -0.123. The van der Waals surface area contributed by atoms with E-state index >= 15 is 0 Å². The summed E-state index contributed by atoms with van der Waals surface area (Å²) in [7, 11) is 0. The zero-order valence-electron chi connectivity index (χ0n) is 15.8. The standard InChI is InChI=1S/C21H21FN4O2/c1-3-12-10-24-26-14(9-23)8-13-6-5-7-17(18(13)20(12)26)28-11-16-15(4-2)19(22)21(27)25-16/h5-8,10,15-16,19H,3-4,11H2,1-2H3,(H,25,27)/t15-,16+,19-/m0/s1. The Bertz CT molecular complexity index is 1100. The molecule has 4 rings (SSSR count). The van der Waals surface area contributed by atoms with Crippen LogP contribution in [-0.4, -0.2) is 34.3 Å². The van der Waals surface area contributed by atoms with Gasteiger partial charge in [0.1, 0.15) is 24.1 Å². The monoisotopic (exact) mass is 380 g/mol. The third-order valence-corrected chi connectivity index (χ3v) is 5.52. The Morgan fingerprint density at radius 3 is 2.93 bits per heavy atom. The van der Waals surface area contributed by atoms with Gasteiger partial charge < -0.3 is 10.1 Å². The Kier molecular flexibility index (Phi) is 4.63. The predicted octanol–water partition coefficient (Wildman–Crippen LogP) is 3.16. The number of nitrogens with zero attached hydrogens (tertiary/aromatic N) is 3. The highest BCUT2D eigenvalue weighted by molar-refractivity contribution is 6.02. The van der Waals surface area contributed by atoms with Crippen LogP contribution in [0.1, 0.15) is 31.5 Å². The summed E-state index contributed by atoms with van der Waals surface area (Å²) < 4.78 is 21.8. The zero-order valence-corrected chi connectivity index (χ0v) is 15.8. The summed E-state index contributed by atoms with van der Waals surface area (Å²) in [5.41, 5.74) is 2.31. The van der Waals surface area contributed by atoms with Crippen LogP contribution in [0.15, 0.2) is 30.5 Å². The molecule has 6 nitrogen and oxygen atoms in total. The van der Waals surface area contributed by atoms with Crippen molar-refractivity contribution in [2.45, 2.75) is 38.9 Å². The SMILES string of the molecule is CCc1cnn2c(C#N)cc3cccc(OC[C@H]4NC(=O)[C@@H](F)[C@H]4CC)c3c12. The molecule has 0 saturated carbocycles. The van der Waals surface area contributed by atoms with Gasteiger partial charge in [-0.15, -0.1) is 0 Å². The van der Waals surface area contributed by atoms with Crippen molar-refractivity contribution in [2.24, 2.45) is 5.92 Å². The number of halogens is 1. The molecule has 1 aliphatic rings. The summed E-state index contributed by atoms with van der Waals surface area (Å²) in [5, 5.41) is 18.3. The Labute approximate surface area is 161 Å². The van der Waals surface area contributed by atoms with E-state index in [2.05, 4.69) is 16.5 Å². The van der Waals surface area contributed by atoms with Crippen molar-refractivity contribution in [3.05, 3.63) is 41.7 Å². The highest BCUT2D eigenvalue weighted by atomic mass is 19.1. The first kappa shape index (κ1) is 18.2. The highest BCUT2D eigenvalue weighted by Crippen LogP contribution is 2.34. The Hall–Kier alpha value is -3.14. The molecule has 0 bridgehead atoms. The lowest BCUT2D eigenvalue weighted by Gasteiger charge is -2.19. The molecule has 28 heavy (non-hydrogen) atoms. The van der Waals surface area contributed by atoms with Crippen LogP contribution in [-0.2, 0) is 11.2 Å². The number of aromatic nitrogens is 2. The molecule has 0 aliphatic carbocycles. The molecule has 1 N–H and O–H groups in total. The zero-order chi connectivity index (χ0) is 19.8. The fourth-order valence-corrected chi connectivity index (χ4v) is 4.02. The number of hydrogen-bond donors (Lipinski definition) is 1. The second kappa shape index (κ2) is 7.12. The third kappa shape index (κ3) is 2.76. The largest absolute Gasteiger partial charge is 0.491 e. The van der Waals surface area contributed by atoms with Crippen LogP contribution in [0, 0.1) is 17.2 Å². The number of amides is 1. The van der Waals surface area contributed by atoms with E-state index in [9.17, 15) is 14.4 Å². The van der Waals surface area contributed by atoms with Gasteiger partial charge in [0, 0.05) is 5.92 Å². The van der Waals surface area contributed by atoms with Crippen LogP contribution >= 0.6 is 0 Å². The van der Waals surface area contributed by atoms with Gasteiger partial charge in [0.25, 0.3) is 5.91 Å². The maximum atomic E-state index is 14.0. The van der Waals surface area contributed by atoms with E-state index in [1.165, 1.54) is 0 Å². The maximum absolute atomic E-state index is 14.0. The molecule has 1 amide bonds. The summed E-state index contributed by atoms with van der Waals surface area (Å²) in [5.74, 6) is -0.328. The van der Waals surface area contributed by atoms with Crippen LogP contribution in [0.4, 0.5) is 4.39 Å². The number of carbonyl (C=O) groups excluding carboxylic acids is 1. The van der Waals surface area contributed by atoms with Gasteiger partial charge in [0.15, 0.2) is 6.17 Å². The average molecular weight is 380 g/mol. The first-order valence-corrected chi connectivity index (χ1v) is 9.48. The Morgan fingerprint density at radius 1 is 1.39 bits per heavy atom. The van der Waals surface area contributed by atoms with Gasteiger partial charge in [-0.05, 0) is 35.9 Å². The molecule has 0 radical (unpaired) electrons. The van der Waals surface area contributed by atoms with E-state index in [1.807, 2.05) is 32.0 Å². The van der Waals surface area contributed by atoms with Gasteiger partial charge in [-0.2, -0.15) is 10.4 Å². The van der Waals surface area contributed by atoms with E-state index in [1.54, 1.807) is 16.8 Å². The average Bonchev–Trinajstić information content (AvgIpc) is 3.26. The van der Waals surface area contributed by atoms with Gasteiger partial charge in [-0.1, -0.05) is 26.0 Å². The molecule has 144 valence electrons. The van der Waals surface area contributed by atoms with E-state index in [4.69, 9.17) is 4.74 Å². The minimum Gasteiger partial charge on any atom is -0.491 e. The smallest absolute Gasteiger partial charge is 0.255 e. The number of alkyl halides is 1.